The number of aryl methyl sites for hydroxylation is 2. The zero-order valence-electron chi connectivity index (χ0n) is 22.0. The number of benzene rings is 1. The highest BCUT2D eigenvalue weighted by Gasteiger charge is 2.33. The van der Waals surface area contributed by atoms with E-state index in [4.69, 9.17) is 9.72 Å². The van der Waals surface area contributed by atoms with Gasteiger partial charge in [-0.15, -0.1) is 5.10 Å². The molecule has 5 heterocycles. The minimum Gasteiger partial charge on any atom is -0.384 e. The molecule has 0 unspecified atom stereocenters. The van der Waals surface area contributed by atoms with Crippen molar-refractivity contribution in [3.8, 4) is 11.3 Å². The molecule has 5 aromatic rings. The molecule has 38 heavy (non-hydrogen) atoms. The molecule has 8 nitrogen and oxygen atoms in total. The van der Waals surface area contributed by atoms with E-state index in [1.807, 2.05) is 38.2 Å². The second-order valence-electron chi connectivity index (χ2n) is 10.7. The Hall–Kier alpha value is -3.69. The van der Waals surface area contributed by atoms with Gasteiger partial charge in [-0.3, -0.25) is 9.97 Å². The lowest BCUT2D eigenvalue weighted by Crippen LogP contribution is -2.27. The number of pyridine rings is 2. The highest BCUT2D eigenvalue weighted by Crippen LogP contribution is 2.42. The van der Waals surface area contributed by atoms with Gasteiger partial charge in [0.15, 0.2) is 5.82 Å². The summed E-state index contributed by atoms with van der Waals surface area (Å²) in [4.78, 5) is 9.20. The molecular formula is C29H31FN6O2. The van der Waals surface area contributed by atoms with Gasteiger partial charge >= 0.3 is 0 Å². The van der Waals surface area contributed by atoms with Gasteiger partial charge in [0.05, 0.1) is 34.0 Å². The number of ether oxygens (including phenoxy) is 1. The molecule has 0 bridgehead atoms. The Labute approximate surface area is 220 Å². The Bertz CT molecular complexity index is 1610. The first-order valence-electron chi connectivity index (χ1n) is 13.0. The molecule has 9 heteroatoms. The van der Waals surface area contributed by atoms with Crippen LogP contribution in [0.25, 0.3) is 33.2 Å². The van der Waals surface area contributed by atoms with Crippen molar-refractivity contribution >= 4 is 21.9 Å². The monoisotopic (exact) mass is 514 g/mol. The predicted octanol–water partition coefficient (Wildman–Crippen LogP) is 5.07. The Morgan fingerprint density at radius 2 is 1.84 bits per heavy atom. The standard InChI is InChI=1S/C29H31FN6O2/c1-17-25(35(4)34-33-17)20-14-22-24(31-15-20)21-16-32-28(29(2,3)37)23(30)27(21)36(22)26(18-8-6-5-7-9-18)19-10-12-38-13-11-19/h5-9,14-16,19,26,37H,10-13H2,1-4H3/t26-/m1/s1. The quantitative estimate of drug-likeness (QED) is 0.352. The van der Waals surface area contributed by atoms with E-state index in [1.54, 1.807) is 30.9 Å². The van der Waals surface area contributed by atoms with Gasteiger partial charge in [-0.2, -0.15) is 0 Å². The second kappa shape index (κ2) is 9.25. The molecule has 0 amide bonds. The zero-order valence-corrected chi connectivity index (χ0v) is 22.0. The number of nitrogens with zero attached hydrogens (tertiary/aromatic N) is 6. The predicted molar refractivity (Wildman–Crippen MR) is 143 cm³/mol. The van der Waals surface area contributed by atoms with Crippen molar-refractivity contribution in [2.75, 3.05) is 13.2 Å². The molecule has 1 atom stereocenters. The summed E-state index contributed by atoms with van der Waals surface area (Å²) < 4.78 is 26.0. The molecule has 6 rings (SSSR count). The topological polar surface area (TPSA) is 90.9 Å². The fourth-order valence-corrected chi connectivity index (χ4v) is 5.87. The van der Waals surface area contributed by atoms with Crippen LogP contribution in [0.1, 0.15) is 49.7 Å². The number of aromatic nitrogens is 6. The Balaban J connectivity index is 1.73. The average molecular weight is 515 g/mol. The molecule has 196 valence electrons. The minimum atomic E-state index is -1.45. The molecule has 1 saturated heterocycles. The summed E-state index contributed by atoms with van der Waals surface area (Å²) in [6, 6.07) is 12.1. The van der Waals surface area contributed by atoms with Crippen LogP contribution in [0.2, 0.25) is 0 Å². The maximum Gasteiger partial charge on any atom is 0.171 e. The van der Waals surface area contributed by atoms with Crippen molar-refractivity contribution < 1.29 is 14.2 Å². The fourth-order valence-electron chi connectivity index (χ4n) is 5.87. The van der Waals surface area contributed by atoms with Crippen molar-refractivity contribution in [1.29, 1.82) is 0 Å². The lowest BCUT2D eigenvalue weighted by atomic mass is 9.86. The number of hydrogen-bond acceptors (Lipinski definition) is 6. The molecule has 0 spiro atoms. The smallest absolute Gasteiger partial charge is 0.171 e. The largest absolute Gasteiger partial charge is 0.384 e. The van der Waals surface area contributed by atoms with Gasteiger partial charge in [-0.05, 0) is 51.2 Å². The van der Waals surface area contributed by atoms with E-state index in [-0.39, 0.29) is 17.7 Å². The third-order valence-electron chi connectivity index (χ3n) is 7.60. The van der Waals surface area contributed by atoms with Crippen molar-refractivity contribution in [3.63, 3.8) is 0 Å². The Morgan fingerprint density at radius 1 is 1.11 bits per heavy atom. The van der Waals surface area contributed by atoms with Crippen molar-refractivity contribution in [2.45, 2.75) is 45.3 Å². The van der Waals surface area contributed by atoms with E-state index in [0.717, 1.165) is 40.9 Å². The van der Waals surface area contributed by atoms with Crippen LogP contribution < -0.4 is 0 Å². The third kappa shape index (κ3) is 3.97. The average Bonchev–Trinajstić information content (AvgIpc) is 3.41. The molecule has 1 aliphatic heterocycles. The third-order valence-corrected chi connectivity index (χ3v) is 7.60. The summed E-state index contributed by atoms with van der Waals surface area (Å²) in [6.45, 7) is 6.34. The SMILES string of the molecule is Cc1nnn(C)c1-c1cnc2c3cnc(C(C)(C)O)c(F)c3n([C@H](c3ccccc3)C3CCOCC3)c2c1. The number of rotatable bonds is 5. The highest BCUT2D eigenvalue weighted by molar-refractivity contribution is 6.06. The molecule has 4 aromatic heterocycles. The first-order chi connectivity index (χ1) is 18.3. The summed E-state index contributed by atoms with van der Waals surface area (Å²) >= 11 is 0. The van der Waals surface area contributed by atoms with Gasteiger partial charge < -0.3 is 14.4 Å². The highest BCUT2D eigenvalue weighted by atomic mass is 19.1. The van der Waals surface area contributed by atoms with Crippen LogP contribution in [-0.4, -0.2) is 47.8 Å². The van der Waals surface area contributed by atoms with Crippen LogP contribution in [0.5, 0.6) is 0 Å². The van der Waals surface area contributed by atoms with Crippen LogP contribution >= 0.6 is 0 Å². The summed E-state index contributed by atoms with van der Waals surface area (Å²) in [5.41, 5.74) is 4.01. The molecule has 1 aliphatic rings. The van der Waals surface area contributed by atoms with Crippen LogP contribution in [0.3, 0.4) is 0 Å². The lowest BCUT2D eigenvalue weighted by Gasteiger charge is -2.33. The maximum absolute atomic E-state index is 16.5. The molecular weight excluding hydrogens is 483 g/mol. The minimum absolute atomic E-state index is 0.0137. The van der Waals surface area contributed by atoms with Crippen molar-refractivity contribution in [2.24, 2.45) is 13.0 Å². The summed E-state index contributed by atoms with van der Waals surface area (Å²) in [5.74, 6) is -0.312. The Kier molecular flexibility index (Phi) is 6.00. The fraction of sp³-hybridized carbons (Fsp3) is 0.379. The van der Waals surface area contributed by atoms with Gasteiger partial charge in [-0.25, -0.2) is 9.07 Å². The van der Waals surface area contributed by atoms with Gasteiger partial charge in [0.25, 0.3) is 0 Å². The Morgan fingerprint density at radius 3 is 2.50 bits per heavy atom. The number of aliphatic hydroxyl groups is 1. The maximum atomic E-state index is 16.5. The van der Waals surface area contributed by atoms with Gasteiger partial charge in [0, 0.05) is 43.6 Å². The van der Waals surface area contributed by atoms with E-state index in [9.17, 15) is 5.11 Å². The first kappa shape index (κ1) is 24.6. The van der Waals surface area contributed by atoms with Crippen LogP contribution in [-0.2, 0) is 17.4 Å². The number of fused-ring (bicyclic) bond motifs is 3. The van der Waals surface area contributed by atoms with E-state index < -0.39 is 11.4 Å². The summed E-state index contributed by atoms with van der Waals surface area (Å²) in [7, 11) is 1.85. The normalized spacial score (nSPS) is 15.9. The van der Waals surface area contributed by atoms with E-state index in [2.05, 4.69) is 32.0 Å². The molecule has 1 aromatic carbocycles. The lowest BCUT2D eigenvalue weighted by molar-refractivity contribution is 0.0551. The van der Waals surface area contributed by atoms with Gasteiger partial charge in [-0.1, -0.05) is 35.5 Å². The first-order valence-corrected chi connectivity index (χ1v) is 13.0. The van der Waals surface area contributed by atoms with E-state index >= 15 is 4.39 Å². The second-order valence-corrected chi connectivity index (χ2v) is 10.7. The van der Waals surface area contributed by atoms with Crippen molar-refractivity contribution in [1.82, 2.24) is 29.5 Å². The van der Waals surface area contributed by atoms with Crippen LogP contribution in [0, 0.1) is 18.7 Å². The van der Waals surface area contributed by atoms with Crippen LogP contribution in [0.4, 0.5) is 4.39 Å². The molecule has 0 aliphatic carbocycles. The summed E-state index contributed by atoms with van der Waals surface area (Å²) in [5, 5.41) is 19.8. The zero-order chi connectivity index (χ0) is 26.6. The van der Waals surface area contributed by atoms with E-state index in [1.165, 1.54) is 0 Å². The van der Waals surface area contributed by atoms with Crippen LogP contribution in [0.15, 0.2) is 48.8 Å². The summed E-state index contributed by atoms with van der Waals surface area (Å²) in [6.07, 6.45) is 5.12. The molecule has 1 fully saturated rings. The molecule has 1 N–H and O–H groups in total. The van der Waals surface area contributed by atoms with E-state index in [0.29, 0.717) is 29.6 Å². The number of halogens is 1. The molecule has 0 radical (unpaired) electrons. The molecule has 0 saturated carbocycles. The van der Waals surface area contributed by atoms with Crippen molar-refractivity contribution in [3.05, 3.63) is 71.6 Å². The van der Waals surface area contributed by atoms with Gasteiger partial charge in [0.1, 0.15) is 11.3 Å². The van der Waals surface area contributed by atoms with Gasteiger partial charge in [0.2, 0.25) is 0 Å². The number of hydrogen-bond donors (Lipinski definition) is 1.